The normalized spacial score (nSPS) is 20.4. The highest BCUT2D eigenvalue weighted by atomic mass is 32.2. The van der Waals surface area contributed by atoms with E-state index < -0.39 is 0 Å². The fourth-order valence-electron chi connectivity index (χ4n) is 3.92. The molecule has 1 atom stereocenters. The second-order valence-electron chi connectivity index (χ2n) is 7.29. The van der Waals surface area contributed by atoms with Crippen LogP contribution >= 0.6 is 11.8 Å². The van der Waals surface area contributed by atoms with Crippen LogP contribution in [0.4, 0.5) is 0 Å². The summed E-state index contributed by atoms with van der Waals surface area (Å²) in [6.07, 6.45) is 0.869. The minimum atomic E-state index is 0.0572. The van der Waals surface area contributed by atoms with Gasteiger partial charge in [0.25, 0.3) is 0 Å². The van der Waals surface area contributed by atoms with Gasteiger partial charge in [0.15, 0.2) is 0 Å². The van der Waals surface area contributed by atoms with E-state index in [4.69, 9.17) is 0 Å². The van der Waals surface area contributed by atoms with Crippen molar-refractivity contribution in [2.24, 2.45) is 7.05 Å². The van der Waals surface area contributed by atoms with E-state index >= 15 is 0 Å². The summed E-state index contributed by atoms with van der Waals surface area (Å²) in [5, 5.41) is 4.57. The van der Waals surface area contributed by atoms with Gasteiger partial charge in [-0.1, -0.05) is 18.2 Å². The SMILES string of the molecule is Cc1nn(C)c(C)c1CN1CCN(C(=O)C2Cc3ccccc3S2)CC1. The minimum Gasteiger partial charge on any atom is -0.339 e. The molecule has 1 fully saturated rings. The first-order valence-electron chi connectivity index (χ1n) is 9.27. The van der Waals surface area contributed by atoms with Crippen LogP contribution in [0.25, 0.3) is 0 Å². The van der Waals surface area contributed by atoms with Crippen LogP contribution in [-0.4, -0.2) is 56.9 Å². The lowest BCUT2D eigenvalue weighted by Crippen LogP contribution is -2.50. The molecule has 138 valence electrons. The molecule has 0 saturated carbocycles. The number of fused-ring (bicyclic) bond motifs is 1. The summed E-state index contributed by atoms with van der Waals surface area (Å²) in [7, 11) is 2.00. The number of nitrogens with zero attached hydrogens (tertiary/aromatic N) is 4. The van der Waals surface area contributed by atoms with Crippen molar-refractivity contribution in [3.8, 4) is 0 Å². The standard InChI is InChI=1S/C20H26N4OS/c1-14-17(15(2)22(3)21-14)13-23-8-10-24(11-9-23)20(25)19-12-16-6-4-5-7-18(16)26-19/h4-7,19H,8-13H2,1-3H3. The van der Waals surface area contributed by atoms with E-state index in [1.165, 1.54) is 21.7 Å². The monoisotopic (exact) mass is 370 g/mol. The number of carbonyl (C=O) groups is 1. The van der Waals surface area contributed by atoms with Gasteiger partial charge < -0.3 is 4.90 Å². The summed E-state index contributed by atoms with van der Waals surface area (Å²) in [4.78, 5) is 18.7. The lowest BCUT2D eigenvalue weighted by molar-refractivity contribution is -0.132. The Balaban J connectivity index is 1.33. The Kier molecular flexibility index (Phi) is 4.80. The summed E-state index contributed by atoms with van der Waals surface area (Å²) in [5.74, 6) is 0.305. The number of aryl methyl sites for hydroxylation is 2. The van der Waals surface area contributed by atoms with Gasteiger partial charge in [0.2, 0.25) is 5.91 Å². The molecule has 2 aliphatic heterocycles. The van der Waals surface area contributed by atoms with Crippen molar-refractivity contribution in [1.82, 2.24) is 19.6 Å². The number of amides is 1. The fraction of sp³-hybridized carbons (Fsp3) is 0.500. The first-order valence-corrected chi connectivity index (χ1v) is 10.2. The number of carbonyl (C=O) groups excluding carboxylic acids is 1. The van der Waals surface area contributed by atoms with E-state index in [-0.39, 0.29) is 5.25 Å². The van der Waals surface area contributed by atoms with Crippen LogP contribution in [-0.2, 0) is 24.8 Å². The Bertz CT molecular complexity index is 798. The molecule has 0 N–H and O–H groups in total. The third-order valence-electron chi connectivity index (χ3n) is 5.65. The van der Waals surface area contributed by atoms with Gasteiger partial charge in [-0.2, -0.15) is 5.10 Å². The second-order valence-corrected chi connectivity index (χ2v) is 8.54. The van der Waals surface area contributed by atoms with Crippen molar-refractivity contribution in [3.63, 3.8) is 0 Å². The zero-order valence-electron chi connectivity index (χ0n) is 15.7. The summed E-state index contributed by atoms with van der Waals surface area (Å²) < 4.78 is 1.96. The maximum atomic E-state index is 12.9. The molecule has 6 heteroatoms. The first kappa shape index (κ1) is 17.6. The Labute approximate surface area is 159 Å². The maximum absolute atomic E-state index is 12.9. The van der Waals surface area contributed by atoms with Gasteiger partial charge in [-0.3, -0.25) is 14.4 Å². The number of hydrogen-bond donors (Lipinski definition) is 0. The van der Waals surface area contributed by atoms with Crippen LogP contribution in [0.3, 0.4) is 0 Å². The molecule has 2 aromatic rings. The van der Waals surface area contributed by atoms with E-state index in [0.29, 0.717) is 5.91 Å². The number of benzene rings is 1. The zero-order valence-corrected chi connectivity index (χ0v) is 16.6. The summed E-state index contributed by atoms with van der Waals surface area (Å²) >= 11 is 1.73. The average Bonchev–Trinajstić information content (AvgIpc) is 3.18. The molecule has 1 amide bonds. The summed E-state index contributed by atoms with van der Waals surface area (Å²) in [6.45, 7) is 8.65. The van der Waals surface area contributed by atoms with Crippen LogP contribution in [0.5, 0.6) is 0 Å². The van der Waals surface area contributed by atoms with Gasteiger partial charge in [0.1, 0.15) is 0 Å². The number of hydrogen-bond acceptors (Lipinski definition) is 4. The quantitative estimate of drug-likeness (QED) is 0.832. The molecule has 0 radical (unpaired) electrons. The largest absolute Gasteiger partial charge is 0.339 e. The van der Waals surface area contributed by atoms with Crippen molar-refractivity contribution in [3.05, 3.63) is 46.8 Å². The summed E-state index contributed by atoms with van der Waals surface area (Å²) in [5.41, 5.74) is 5.00. The van der Waals surface area contributed by atoms with Crippen LogP contribution in [0.15, 0.2) is 29.2 Å². The highest BCUT2D eigenvalue weighted by molar-refractivity contribution is 8.01. The molecule has 5 nitrogen and oxygen atoms in total. The number of thioether (sulfide) groups is 1. The van der Waals surface area contributed by atoms with E-state index in [2.05, 4.69) is 53.0 Å². The Morgan fingerprint density at radius 1 is 1.19 bits per heavy atom. The van der Waals surface area contributed by atoms with Crippen LogP contribution in [0, 0.1) is 13.8 Å². The fourth-order valence-corrected chi connectivity index (χ4v) is 5.20. The van der Waals surface area contributed by atoms with Crippen LogP contribution in [0.2, 0.25) is 0 Å². The molecule has 0 spiro atoms. The molecule has 2 aliphatic rings. The minimum absolute atomic E-state index is 0.0572. The van der Waals surface area contributed by atoms with Gasteiger partial charge in [-0.05, 0) is 31.9 Å². The van der Waals surface area contributed by atoms with E-state index in [1.54, 1.807) is 11.8 Å². The predicted molar refractivity (Wildman–Crippen MR) is 104 cm³/mol. The molecule has 0 bridgehead atoms. The van der Waals surface area contributed by atoms with Crippen LogP contribution < -0.4 is 0 Å². The average molecular weight is 371 g/mol. The van der Waals surface area contributed by atoms with Gasteiger partial charge in [0, 0.05) is 55.9 Å². The molecule has 4 rings (SSSR count). The van der Waals surface area contributed by atoms with E-state index in [1.807, 2.05) is 11.7 Å². The van der Waals surface area contributed by atoms with Crippen molar-refractivity contribution >= 4 is 17.7 Å². The van der Waals surface area contributed by atoms with Gasteiger partial charge in [0.05, 0.1) is 10.9 Å². The summed E-state index contributed by atoms with van der Waals surface area (Å²) in [6, 6.07) is 8.39. The highest BCUT2D eigenvalue weighted by Crippen LogP contribution is 2.37. The van der Waals surface area contributed by atoms with Gasteiger partial charge in [-0.15, -0.1) is 11.8 Å². The molecule has 3 heterocycles. The number of aromatic nitrogens is 2. The van der Waals surface area contributed by atoms with Crippen LogP contribution in [0.1, 0.15) is 22.5 Å². The second kappa shape index (κ2) is 7.08. The molecule has 0 aliphatic carbocycles. The molecule has 1 saturated heterocycles. The smallest absolute Gasteiger partial charge is 0.236 e. The Morgan fingerprint density at radius 3 is 2.58 bits per heavy atom. The van der Waals surface area contributed by atoms with Crippen molar-refractivity contribution < 1.29 is 4.79 Å². The third-order valence-corrected chi connectivity index (χ3v) is 6.95. The van der Waals surface area contributed by atoms with Crippen molar-refractivity contribution in [2.45, 2.75) is 37.0 Å². The molecule has 1 aromatic carbocycles. The van der Waals surface area contributed by atoms with Gasteiger partial charge >= 0.3 is 0 Å². The molecule has 1 aromatic heterocycles. The van der Waals surface area contributed by atoms with Crippen molar-refractivity contribution in [2.75, 3.05) is 26.2 Å². The number of piperazine rings is 1. The Hall–Kier alpha value is -1.79. The van der Waals surface area contributed by atoms with Crippen molar-refractivity contribution in [1.29, 1.82) is 0 Å². The predicted octanol–water partition coefficient (Wildman–Crippen LogP) is 2.40. The third kappa shape index (κ3) is 3.28. The maximum Gasteiger partial charge on any atom is 0.236 e. The molecular weight excluding hydrogens is 344 g/mol. The lowest BCUT2D eigenvalue weighted by Gasteiger charge is -2.35. The molecule has 26 heavy (non-hydrogen) atoms. The topological polar surface area (TPSA) is 41.4 Å². The number of rotatable bonds is 3. The van der Waals surface area contributed by atoms with Gasteiger partial charge in [-0.25, -0.2) is 0 Å². The lowest BCUT2D eigenvalue weighted by atomic mass is 10.1. The zero-order chi connectivity index (χ0) is 18.3. The Morgan fingerprint density at radius 2 is 1.92 bits per heavy atom. The van der Waals surface area contributed by atoms with E-state index in [0.717, 1.165) is 44.8 Å². The first-order chi connectivity index (χ1) is 12.5. The molecular formula is C20H26N4OS. The highest BCUT2D eigenvalue weighted by Gasteiger charge is 2.32. The van der Waals surface area contributed by atoms with E-state index in [9.17, 15) is 4.79 Å². The molecule has 1 unspecified atom stereocenters.